The number of carbonyl (C=O) groups excluding carboxylic acids is 1. The van der Waals surface area contributed by atoms with Crippen LogP contribution in [0.5, 0.6) is 11.5 Å². The van der Waals surface area contributed by atoms with Crippen LogP contribution in [0.25, 0.3) is 0 Å². The van der Waals surface area contributed by atoms with Crippen LogP contribution in [0.3, 0.4) is 0 Å². The number of carbonyl (C=O) groups is 1. The SMILES string of the molecule is O=Cc1cc(Br)ccc1Oc1ccc(F)c(Br)c1. The van der Waals surface area contributed by atoms with Gasteiger partial charge in [-0.3, -0.25) is 4.79 Å². The van der Waals surface area contributed by atoms with E-state index in [2.05, 4.69) is 31.9 Å². The monoisotopic (exact) mass is 372 g/mol. The lowest BCUT2D eigenvalue weighted by Gasteiger charge is -2.08. The molecule has 0 bridgehead atoms. The van der Waals surface area contributed by atoms with Crippen LogP contribution in [0.1, 0.15) is 10.4 Å². The van der Waals surface area contributed by atoms with Crippen LogP contribution < -0.4 is 4.74 Å². The fourth-order valence-corrected chi connectivity index (χ4v) is 2.11. The smallest absolute Gasteiger partial charge is 0.153 e. The number of aldehydes is 1. The highest BCUT2D eigenvalue weighted by Crippen LogP contribution is 2.29. The number of hydrogen-bond donors (Lipinski definition) is 0. The Morgan fingerprint density at radius 2 is 1.89 bits per heavy atom. The summed E-state index contributed by atoms with van der Waals surface area (Å²) in [5, 5.41) is 0. The van der Waals surface area contributed by atoms with E-state index < -0.39 is 0 Å². The van der Waals surface area contributed by atoms with E-state index in [1.54, 1.807) is 18.2 Å². The Kier molecular flexibility index (Phi) is 4.14. The van der Waals surface area contributed by atoms with Crippen LogP contribution in [0.4, 0.5) is 4.39 Å². The third kappa shape index (κ3) is 2.97. The number of benzene rings is 2. The zero-order valence-electron chi connectivity index (χ0n) is 8.99. The Balaban J connectivity index is 2.33. The molecule has 0 heterocycles. The maximum atomic E-state index is 13.1. The van der Waals surface area contributed by atoms with Crippen molar-refractivity contribution in [1.82, 2.24) is 0 Å². The second-order valence-electron chi connectivity index (χ2n) is 3.48. The largest absolute Gasteiger partial charge is 0.457 e. The zero-order valence-corrected chi connectivity index (χ0v) is 12.2. The van der Waals surface area contributed by atoms with Gasteiger partial charge in [0.15, 0.2) is 6.29 Å². The predicted octanol–water partition coefficient (Wildman–Crippen LogP) is 4.96. The molecule has 18 heavy (non-hydrogen) atoms. The lowest BCUT2D eigenvalue weighted by atomic mass is 10.2. The number of halogens is 3. The molecule has 0 aromatic heterocycles. The second-order valence-corrected chi connectivity index (χ2v) is 5.25. The van der Waals surface area contributed by atoms with Crippen molar-refractivity contribution in [2.45, 2.75) is 0 Å². The van der Waals surface area contributed by atoms with Crippen LogP contribution in [0, 0.1) is 5.82 Å². The number of hydrogen-bond acceptors (Lipinski definition) is 2. The normalized spacial score (nSPS) is 10.2. The van der Waals surface area contributed by atoms with Crippen LogP contribution in [0.15, 0.2) is 45.3 Å². The van der Waals surface area contributed by atoms with Crippen LogP contribution >= 0.6 is 31.9 Å². The summed E-state index contributed by atoms with van der Waals surface area (Å²) < 4.78 is 19.7. The number of rotatable bonds is 3. The molecule has 2 aromatic rings. The van der Waals surface area contributed by atoms with Gasteiger partial charge >= 0.3 is 0 Å². The van der Waals surface area contributed by atoms with E-state index >= 15 is 0 Å². The third-order valence-electron chi connectivity index (χ3n) is 2.22. The first-order chi connectivity index (χ1) is 8.60. The van der Waals surface area contributed by atoms with Crippen molar-refractivity contribution in [3.63, 3.8) is 0 Å². The van der Waals surface area contributed by atoms with Gasteiger partial charge in [0, 0.05) is 4.47 Å². The minimum absolute atomic E-state index is 0.310. The van der Waals surface area contributed by atoms with Gasteiger partial charge in [-0.25, -0.2) is 4.39 Å². The van der Waals surface area contributed by atoms with Crippen molar-refractivity contribution in [2.75, 3.05) is 0 Å². The molecule has 2 rings (SSSR count). The van der Waals surface area contributed by atoms with Gasteiger partial charge in [0.25, 0.3) is 0 Å². The molecule has 0 aliphatic heterocycles. The van der Waals surface area contributed by atoms with E-state index in [4.69, 9.17) is 4.74 Å². The average Bonchev–Trinajstić information content (AvgIpc) is 2.36. The first-order valence-electron chi connectivity index (χ1n) is 4.98. The molecular formula is C13H7Br2FO2. The Morgan fingerprint density at radius 1 is 1.11 bits per heavy atom. The van der Waals surface area contributed by atoms with Gasteiger partial charge in [0.2, 0.25) is 0 Å². The van der Waals surface area contributed by atoms with Gasteiger partial charge < -0.3 is 4.74 Å². The molecule has 0 saturated heterocycles. The summed E-state index contributed by atoms with van der Waals surface area (Å²) in [6.07, 6.45) is 0.707. The highest BCUT2D eigenvalue weighted by molar-refractivity contribution is 9.10. The van der Waals surface area contributed by atoms with Crippen molar-refractivity contribution in [3.05, 3.63) is 56.7 Å². The maximum Gasteiger partial charge on any atom is 0.153 e. The van der Waals surface area contributed by atoms with E-state index in [0.717, 1.165) is 4.47 Å². The lowest BCUT2D eigenvalue weighted by molar-refractivity contribution is 0.112. The van der Waals surface area contributed by atoms with E-state index in [1.807, 2.05) is 0 Å². The molecule has 2 aromatic carbocycles. The molecule has 2 nitrogen and oxygen atoms in total. The van der Waals surface area contributed by atoms with Crippen LogP contribution in [0.2, 0.25) is 0 Å². The summed E-state index contributed by atoms with van der Waals surface area (Å²) in [6, 6.07) is 9.38. The van der Waals surface area contributed by atoms with Crippen LogP contribution in [-0.4, -0.2) is 6.29 Å². The van der Waals surface area contributed by atoms with Crippen LogP contribution in [-0.2, 0) is 0 Å². The second kappa shape index (κ2) is 5.63. The average molecular weight is 374 g/mol. The van der Waals surface area contributed by atoms with E-state index in [0.29, 0.717) is 27.8 Å². The van der Waals surface area contributed by atoms with Gasteiger partial charge in [0.1, 0.15) is 17.3 Å². The molecule has 0 aliphatic carbocycles. The molecular weight excluding hydrogens is 367 g/mol. The lowest BCUT2D eigenvalue weighted by Crippen LogP contribution is -1.91. The molecule has 92 valence electrons. The minimum Gasteiger partial charge on any atom is -0.457 e. The molecule has 0 radical (unpaired) electrons. The molecule has 0 fully saturated rings. The summed E-state index contributed by atoms with van der Waals surface area (Å²) in [4.78, 5) is 10.9. The topological polar surface area (TPSA) is 26.3 Å². The fourth-order valence-electron chi connectivity index (χ4n) is 1.37. The zero-order chi connectivity index (χ0) is 13.1. The summed E-state index contributed by atoms with van der Waals surface area (Å²) in [5.41, 5.74) is 0.421. The standard InChI is InChI=1S/C13H7Br2FO2/c14-9-1-4-13(8(5-9)7-17)18-10-2-3-12(16)11(15)6-10/h1-7H. The first kappa shape index (κ1) is 13.2. The highest BCUT2D eigenvalue weighted by Gasteiger charge is 2.07. The van der Waals surface area contributed by atoms with E-state index in [1.165, 1.54) is 18.2 Å². The molecule has 0 atom stereocenters. The molecule has 0 saturated carbocycles. The quantitative estimate of drug-likeness (QED) is 0.711. The minimum atomic E-state index is -0.367. The van der Waals surface area contributed by atoms with Gasteiger partial charge in [0.05, 0.1) is 10.0 Å². The van der Waals surface area contributed by atoms with Crippen molar-refractivity contribution >= 4 is 38.1 Å². The third-order valence-corrected chi connectivity index (χ3v) is 3.32. The summed E-state index contributed by atoms with van der Waals surface area (Å²) >= 11 is 6.35. The fraction of sp³-hybridized carbons (Fsp3) is 0. The van der Waals surface area contributed by atoms with E-state index in [-0.39, 0.29) is 5.82 Å². The summed E-state index contributed by atoms with van der Waals surface area (Å²) in [7, 11) is 0. The van der Waals surface area contributed by atoms with Gasteiger partial charge in [-0.15, -0.1) is 0 Å². The highest BCUT2D eigenvalue weighted by atomic mass is 79.9. The molecule has 0 amide bonds. The van der Waals surface area contributed by atoms with E-state index in [9.17, 15) is 9.18 Å². The Labute approximate surface area is 120 Å². The van der Waals surface area contributed by atoms with Gasteiger partial charge in [-0.1, -0.05) is 15.9 Å². The van der Waals surface area contributed by atoms with Crippen molar-refractivity contribution in [3.8, 4) is 11.5 Å². The predicted molar refractivity (Wildman–Crippen MR) is 73.7 cm³/mol. The Hall–Kier alpha value is -1.20. The molecule has 0 N–H and O–H groups in total. The molecule has 5 heteroatoms. The summed E-state index contributed by atoms with van der Waals surface area (Å²) in [5.74, 6) is 0.508. The van der Waals surface area contributed by atoms with Gasteiger partial charge in [-0.05, 0) is 52.3 Å². The number of ether oxygens (including phenoxy) is 1. The molecule has 0 aliphatic rings. The van der Waals surface area contributed by atoms with Gasteiger partial charge in [-0.2, -0.15) is 0 Å². The van der Waals surface area contributed by atoms with Crippen molar-refractivity contribution in [1.29, 1.82) is 0 Å². The van der Waals surface area contributed by atoms with Crippen molar-refractivity contribution in [2.24, 2.45) is 0 Å². The summed E-state index contributed by atoms with van der Waals surface area (Å²) in [6.45, 7) is 0. The molecule has 0 unspecified atom stereocenters. The van der Waals surface area contributed by atoms with Crippen molar-refractivity contribution < 1.29 is 13.9 Å². The first-order valence-corrected chi connectivity index (χ1v) is 6.56. The molecule has 0 spiro atoms. The maximum absolute atomic E-state index is 13.1. The Bertz CT molecular complexity index is 600. The Morgan fingerprint density at radius 3 is 2.56 bits per heavy atom.